The van der Waals surface area contributed by atoms with Crippen LogP contribution in [-0.2, 0) is 14.8 Å². The van der Waals surface area contributed by atoms with Gasteiger partial charge in [-0.05, 0) is 32.4 Å². The molecule has 5 nitrogen and oxygen atoms in total. The quantitative estimate of drug-likeness (QED) is 0.854. The van der Waals surface area contributed by atoms with Crippen LogP contribution >= 0.6 is 0 Å². The van der Waals surface area contributed by atoms with Crippen LogP contribution in [0.1, 0.15) is 25.8 Å². The Kier molecular flexibility index (Phi) is 4.46. The van der Waals surface area contributed by atoms with Crippen molar-refractivity contribution in [2.45, 2.75) is 32.1 Å². The van der Waals surface area contributed by atoms with Gasteiger partial charge in [-0.25, -0.2) is 0 Å². The molecule has 0 spiro atoms. The van der Waals surface area contributed by atoms with E-state index >= 15 is 0 Å². The van der Waals surface area contributed by atoms with E-state index in [0.717, 1.165) is 5.56 Å². The van der Waals surface area contributed by atoms with Crippen LogP contribution in [0, 0.1) is 12.8 Å². The summed E-state index contributed by atoms with van der Waals surface area (Å²) >= 11 is 0. The van der Waals surface area contributed by atoms with E-state index in [0.29, 0.717) is 25.2 Å². The molecule has 1 saturated heterocycles. The minimum Gasteiger partial charge on any atom is -0.337 e. The van der Waals surface area contributed by atoms with Gasteiger partial charge in [-0.1, -0.05) is 24.6 Å². The molecule has 1 unspecified atom stereocenters. The van der Waals surface area contributed by atoms with Crippen molar-refractivity contribution in [3.8, 4) is 0 Å². The van der Waals surface area contributed by atoms with Gasteiger partial charge in [0, 0.05) is 6.54 Å². The second-order valence-electron chi connectivity index (χ2n) is 5.18. The van der Waals surface area contributed by atoms with Gasteiger partial charge in [0.25, 0.3) is 10.0 Å². The van der Waals surface area contributed by atoms with E-state index in [1.54, 1.807) is 29.2 Å². The summed E-state index contributed by atoms with van der Waals surface area (Å²) in [4.78, 5) is 13.9. The van der Waals surface area contributed by atoms with Gasteiger partial charge in [-0.2, -0.15) is 12.8 Å². The normalized spacial score (nSPS) is 21.3. The van der Waals surface area contributed by atoms with Gasteiger partial charge in [0.2, 0.25) is 5.91 Å². The van der Waals surface area contributed by atoms with Crippen molar-refractivity contribution in [2.75, 3.05) is 13.1 Å². The highest BCUT2D eigenvalue weighted by molar-refractivity contribution is 7.90. The maximum Gasteiger partial charge on any atom is 0.282 e. The number of sulfonamides is 1. The van der Waals surface area contributed by atoms with Crippen LogP contribution in [-0.4, -0.2) is 38.0 Å². The molecule has 0 radical (unpaired) electrons. The molecule has 0 bridgehead atoms. The molecule has 1 fully saturated rings. The third kappa shape index (κ3) is 3.15. The highest BCUT2D eigenvalue weighted by atomic mass is 32.2. The Labute approximate surface area is 125 Å². The summed E-state index contributed by atoms with van der Waals surface area (Å²) in [6, 6.07) is 6.57. The first kappa shape index (κ1) is 15.7. The number of hydrogen-bond acceptors (Lipinski definition) is 3. The number of rotatable bonds is 4. The Morgan fingerprint density at radius 1 is 1.24 bits per heavy atom. The molecule has 1 aliphatic rings. The van der Waals surface area contributed by atoms with E-state index in [4.69, 9.17) is 0 Å². The van der Waals surface area contributed by atoms with E-state index in [9.17, 15) is 13.2 Å². The van der Waals surface area contributed by atoms with Crippen molar-refractivity contribution in [2.24, 2.45) is 10.3 Å². The van der Waals surface area contributed by atoms with Crippen LogP contribution < -0.4 is 0 Å². The molecule has 0 N–H and O–H groups in total. The Balaban J connectivity index is 2.37. The fourth-order valence-electron chi connectivity index (χ4n) is 2.43. The number of carbonyl (C=O) groups excluding carboxylic acids is 1. The lowest BCUT2D eigenvalue weighted by Crippen LogP contribution is -2.26. The molecule has 1 atom stereocenters. The van der Waals surface area contributed by atoms with Crippen LogP contribution in [0.5, 0.6) is 0 Å². The summed E-state index contributed by atoms with van der Waals surface area (Å²) < 4.78 is 28.6. The first-order valence-electron chi connectivity index (χ1n) is 7.08. The second kappa shape index (κ2) is 5.97. The molecule has 114 valence electrons. The number of likely N-dealkylation sites (tertiary alicyclic amines) is 1. The van der Waals surface area contributed by atoms with Crippen molar-refractivity contribution in [3.05, 3.63) is 29.8 Å². The Morgan fingerprint density at radius 3 is 2.38 bits per heavy atom. The first-order chi connectivity index (χ1) is 9.89. The molecule has 21 heavy (non-hydrogen) atoms. The average molecular weight is 308 g/mol. The summed E-state index contributed by atoms with van der Waals surface area (Å²) in [6.45, 7) is 6.51. The maximum atomic E-state index is 12.3. The Morgan fingerprint density at radius 2 is 1.86 bits per heavy atom. The summed E-state index contributed by atoms with van der Waals surface area (Å²) in [5, 5.41) is 0. The number of carbonyl (C=O) groups is 1. The molecular formula is C15H20N2O3S. The molecule has 2 rings (SSSR count). The van der Waals surface area contributed by atoms with E-state index in [-0.39, 0.29) is 10.8 Å². The van der Waals surface area contributed by atoms with Crippen LogP contribution in [0.25, 0.3) is 0 Å². The van der Waals surface area contributed by atoms with Crippen LogP contribution in [0.3, 0.4) is 0 Å². The molecule has 1 aromatic carbocycles. The largest absolute Gasteiger partial charge is 0.337 e. The lowest BCUT2D eigenvalue weighted by atomic mass is 10.0. The zero-order chi connectivity index (χ0) is 15.6. The predicted molar refractivity (Wildman–Crippen MR) is 81.8 cm³/mol. The minimum atomic E-state index is -3.75. The molecule has 0 saturated carbocycles. The topological polar surface area (TPSA) is 66.8 Å². The van der Waals surface area contributed by atoms with E-state index in [1.165, 1.54) is 0 Å². The molecular weight excluding hydrogens is 288 g/mol. The Hall–Kier alpha value is -1.69. The smallest absolute Gasteiger partial charge is 0.282 e. The SMILES string of the molecule is CCC1C(=O)N(CC)C/C1=N/S(=O)(=O)c1ccc(C)cc1. The van der Waals surface area contributed by atoms with Crippen molar-refractivity contribution in [1.82, 2.24) is 4.90 Å². The van der Waals surface area contributed by atoms with Crippen LogP contribution in [0.4, 0.5) is 0 Å². The molecule has 1 aliphatic heterocycles. The Bertz CT molecular complexity index is 663. The second-order valence-corrected chi connectivity index (χ2v) is 6.79. The van der Waals surface area contributed by atoms with E-state index in [2.05, 4.69) is 4.40 Å². The third-order valence-corrected chi connectivity index (χ3v) is 5.05. The van der Waals surface area contributed by atoms with Gasteiger partial charge in [-0.15, -0.1) is 0 Å². The zero-order valence-electron chi connectivity index (χ0n) is 12.5. The van der Waals surface area contributed by atoms with Crippen LogP contribution in [0.2, 0.25) is 0 Å². The van der Waals surface area contributed by atoms with Gasteiger partial charge in [-0.3, -0.25) is 4.79 Å². The number of hydrogen-bond donors (Lipinski definition) is 0. The van der Waals surface area contributed by atoms with Gasteiger partial charge in [0.1, 0.15) is 0 Å². The zero-order valence-corrected chi connectivity index (χ0v) is 13.4. The molecule has 1 heterocycles. The van der Waals surface area contributed by atoms with Gasteiger partial charge in [0.05, 0.1) is 23.1 Å². The predicted octanol–water partition coefficient (Wildman–Crippen LogP) is 2.01. The minimum absolute atomic E-state index is 0.0298. The highest BCUT2D eigenvalue weighted by Gasteiger charge is 2.36. The highest BCUT2D eigenvalue weighted by Crippen LogP contribution is 2.22. The van der Waals surface area contributed by atoms with Crippen molar-refractivity contribution >= 4 is 21.6 Å². The summed E-state index contributed by atoms with van der Waals surface area (Å²) in [6.07, 6.45) is 0.567. The van der Waals surface area contributed by atoms with E-state index < -0.39 is 15.9 Å². The fourth-order valence-corrected chi connectivity index (χ4v) is 3.51. The molecule has 1 amide bonds. The van der Waals surface area contributed by atoms with Crippen LogP contribution in [0.15, 0.2) is 33.6 Å². The van der Waals surface area contributed by atoms with Crippen molar-refractivity contribution in [1.29, 1.82) is 0 Å². The molecule has 1 aromatic rings. The third-order valence-electron chi connectivity index (χ3n) is 3.71. The van der Waals surface area contributed by atoms with Crippen molar-refractivity contribution < 1.29 is 13.2 Å². The van der Waals surface area contributed by atoms with Gasteiger partial charge in [0.15, 0.2) is 0 Å². The number of amides is 1. The average Bonchev–Trinajstić information content (AvgIpc) is 2.74. The van der Waals surface area contributed by atoms with Crippen molar-refractivity contribution in [3.63, 3.8) is 0 Å². The molecule has 6 heteroatoms. The lowest BCUT2D eigenvalue weighted by molar-refractivity contribution is -0.130. The number of aryl methyl sites for hydroxylation is 1. The number of nitrogens with zero attached hydrogens (tertiary/aromatic N) is 2. The summed E-state index contributed by atoms with van der Waals surface area (Å²) in [7, 11) is -3.75. The van der Waals surface area contributed by atoms with Gasteiger partial charge < -0.3 is 4.90 Å². The standard InChI is InChI=1S/C15H20N2O3S/c1-4-13-14(10-17(5-2)15(13)18)16-21(19,20)12-8-6-11(3)7-9-12/h6-9,13H,4-5,10H2,1-3H3/b16-14-. The monoisotopic (exact) mass is 308 g/mol. The van der Waals surface area contributed by atoms with Gasteiger partial charge >= 0.3 is 0 Å². The number of benzene rings is 1. The molecule has 0 aromatic heterocycles. The van der Waals surface area contributed by atoms with E-state index in [1.807, 2.05) is 20.8 Å². The fraction of sp³-hybridized carbons (Fsp3) is 0.467. The maximum absolute atomic E-state index is 12.3. The molecule has 0 aliphatic carbocycles. The summed E-state index contributed by atoms with van der Waals surface area (Å²) in [5.41, 5.74) is 1.44. The first-order valence-corrected chi connectivity index (χ1v) is 8.52. The summed E-state index contributed by atoms with van der Waals surface area (Å²) in [5.74, 6) is -0.442. The lowest BCUT2D eigenvalue weighted by Gasteiger charge is -2.11.